The lowest BCUT2D eigenvalue weighted by Gasteiger charge is -2.42. The van der Waals surface area contributed by atoms with Gasteiger partial charge in [-0.05, 0) is 61.9 Å². The molecule has 5 rings (SSSR count). The van der Waals surface area contributed by atoms with Crippen LogP contribution in [0.5, 0.6) is 0 Å². The topological polar surface area (TPSA) is 64.1 Å². The molecule has 1 saturated heterocycles. The average molecular weight is 448 g/mol. The van der Waals surface area contributed by atoms with E-state index in [1.54, 1.807) is 4.90 Å². The number of amides is 2. The SMILES string of the molecule is CCN1CC(c2ccc(C(=O)N3CCN(C(=O)C4(O)CCC4)CC3)cc2)Cc2ccccc21. The Morgan fingerprint density at radius 3 is 2.27 bits per heavy atom. The first kappa shape index (κ1) is 22.0. The van der Waals surface area contributed by atoms with Crippen LogP contribution in [0.1, 0.15) is 53.6 Å². The number of hydrogen-bond donors (Lipinski definition) is 1. The van der Waals surface area contributed by atoms with Gasteiger partial charge >= 0.3 is 0 Å². The van der Waals surface area contributed by atoms with Crippen LogP contribution in [0.15, 0.2) is 48.5 Å². The lowest BCUT2D eigenvalue weighted by atomic mass is 9.79. The van der Waals surface area contributed by atoms with Crippen LogP contribution >= 0.6 is 0 Å². The number of piperazine rings is 1. The summed E-state index contributed by atoms with van der Waals surface area (Å²) in [5.74, 6) is 0.261. The van der Waals surface area contributed by atoms with Crippen molar-refractivity contribution in [2.45, 2.75) is 44.1 Å². The largest absolute Gasteiger partial charge is 0.380 e. The molecule has 1 unspecified atom stereocenters. The predicted octanol–water partition coefficient (Wildman–Crippen LogP) is 3.05. The summed E-state index contributed by atoms with van der Waals surface area (Å²) >= 11 is 0. The second kappa shape index (κ2) is 8.82. The number of anilines is 1. The molecule has 33 heavy (non-hydrogen) atoms. The highest BCUT2D eigenvalue weighted by Gasteiger charge is 2.45. The minimum Gasteiger partial charge on any atom is -0.380 e. The Hall–Kier alpha value is -2.86. The number of carbonyl (C=O) groups excluding carboxylic acids is 2. The van der Waals surface area contributed by atoms with E-state index in [0.29, 0.717) is 50.5 Å². The summed E-state index contributed by atoms with van der Waals surface area (Å²) in [6.07, 6.45) is 3.03. The van der Waals surface area contributed by atoms with E-state index in [0.717, 1.165) is 25.9 Å². The van der Waals surface area contributed by atoms with Crippen LogP contribution in [0.25, 0.3) is 0 Å². The Labute approximate surface area is 195 Å². The van der Waals surface area contributed by atoms with Gasteiger partial charge < -0.3 is 19.8 Å². The summed E-state index contributed by atoms with van der Waals surface area (Å²) in [4.78, 5) is 31.5. The number of aliphatic hydroxyl groups is 1. The van der Waals surface area contributed by atoms with Crippen LogP contribution in [0.2, 0.25) is 0 Å². The van der Waals surface area contributed by atoms with Crippen LogP contribution < -0.4 is 4.90 Å². The molecule has 3 aliphatic rings. The number of carbonyl (C=O) groups is 2. The van der Waals surface area contributed by atoms with Crippen molar-refractivity contribution in [2.24, 2.45) is 0 Å². The van der Waals surface area contributed by atoms with E-state index in [1.165, 1.54) is 16.8 Å². The third-order valence-electron chi connectivity index (χ3n) is 7.68. The third-order valence-corrected chi connectivity index (χ3v) is 7.68. The molecule has 1 atom stereocenters. The van der Waals surface area contributed by atoms with Crippen molar-refractivity contribution in [3.63, 3.8) is 0 Å². The van der Waals surface area contributed by atoms with E-state index in [4.69, 9.17) is 0 Å². The molecule has 2 aromatic carbocycles. The standard InChI is InChI=1S/C27H33N3O3/c1-2-28-19-23(18-22-6-3-4-7-24(22)28)20-8-10-21(11-9-20)25(31)29-14-16-30(17-15-29)26(32)27(33)12-5-13-27/h3-4,6-11,23,33H,2,5,12-19H2,1H3. The molecule has 6 heteroatoms. The fourth-order valence-corrected chi connectivity index (χ4v) is 5.42. The van der Waals surface area contributed by atoms with Gasteiger partial charge in [0, 0.05) is 56.4 Å². The molecule has 2 amide bonds. The molecule has 174 valence electrons. The summed E-state index contributed by atoms with van der Waals surface area (Å²) < 4.78 is 0. The van der Waals surface area contributed by atoms with Crippen LogP contribution in [0.4, 0.5) is 5.69 Å². The smallest absolute Gasteiger partial charge is 0.254 e. The molecule has 1 saturated carbocycles. The molecule has 2 aromatic rings. The van der Waals surface area contributed by atoms with Gasteiger partial charge in [-0.2, -0.15) is 0 Å². The van der Waals surface area contributed by atoms with Gasteiger partial charge in [-0.3, -0.25) is 9.59 Å². The van der Waals surface area contributed by atoms with Gasteiger partial charge in [-0.15, -0.1) is 0 Å². The van der Waals surface area contributed by atoms with E-state index >= 15 is 0 Å². The van der Waals surface area contributed by atoms with Crippen molar-refractivity contribution in [1.82, 2.24) is 9.80 Å². The highest BCUT2D eigenvalue weighted by atomic mass is 16.3. The number of hydrogen-bond acceptors (Lipinski definition) is 4. The van der Waals surface area contributed by atoms with Crippen LogP contribution in [-0.2, 0) is 11.2 Å². The number of benzene rings is 2. The van der Waals surface area contributed by atoms with Crippen molar-refractivity contribution in [3.05, 3.63) is 65.2 Å². The fraction of sp³-hybridized carbons (Fsp3) is 0.481. The van der Waals surface area contributed by atoms with Crippen molar-refractivity contribution >= 4 is 17.5 Å². The molecule has 0 bridgehead atoms. The van der Waals surface area contributed by atoms with E-state index in [2.05, 4.69) is 48.2 Å². The van der Waals surface area contributed by atoms with Gasteiger partial charge in [0.05, 0.1) is 0 Å². The zero-order chi connectivity index (χ0) is 23.0. The third kappa shape index (κ3) is 4.12. The molecule has 1 N–H and O–H groups in total. The van der Waals surface area contributed by atoms with E-state index in [-0.39, 0.29) is 11.8 Å². The van der Waals surface area contributed by atoms with E-state index < -0.39 is 5.60 Å². The summed E-state index contributed by atoms with van der Waals surface area (Å²) in [5.41, 5.74) is 3.53. The summed E-state index contributed by atoms with van der Waals surface area (Å²) in [6, 6.07) is 16.7. The van der Waals surface area contributed by atoms with Gasteiger partial charge in [-0.1, -0.05) is 30.3 Å². The maximum absolute atomic E-state index is 13.1. The Kier molecular flexibility index (Phi) is 5.87. The first-order valence-electron chi connectivity index (χ1n) is 12.2. The quantitative estimate of drug-likeness (QED) is 0.783. The van der Waals surface area contributed by atoms with Crippen molar-refractivity contribution < 1.29 is 14.7 Å². The second-order valence-electron chi connectivity index (χ2n) is 9.66. The van der Waals surface area contributed by atoms with E-state index in [9.17, 15) is 14.7 Å². The van der Waals surface area contributed by atoms with Crippen LogP contribution in [-0.4, -0.2) is 71.6 Å². The lowest BCUT2D eigenvalue weighted by Crippen LogP contribution is -2.58. The number of rotatable bonds is 4. The number of nitrogens with zero attached hydrogens (tertiary/aromatic N) is 3. The lowest BCUT2D eigenvalue weighted by molar-refractivity contribution is -0.161. The van der Waals surface area contributed by atoms with Crippen molar-refractivity contribution in [3.8, 4) is 0 Å². The minimum absolute atomic E-state index is 0.0141. The zero-order valence-electron chi connectivity index (χ0n) is 19.4. The zero-order valence-corrected chi connectivity index (χ0v) is 19.4. The molecule has 0 spiro atoms. The molecule has 6 nitrogen and oxygen atoms in total. The van der Waals surface area contributed by atoms with Gasteiger partial charge in [0.25, 0.3) is 11.8 Å². The first-order chi connectivity index (χ1) is 16.0. The fourth-order valence-electron chi connectivity index (χ4n) is 5.42. The molecule has 2 fully saturated rings. The molecular weight excluding hydrogens is 414 g/mol. The van der Waals surface area contributed by atoms with Crippen molar-refractivity contribution in [1.29, 1.82) is 0 Å². The van der Waals surface area contributed by atoms with Crippen LogP contribution in [0, 0.1) is 0 Å². The Morgan fingerprint density at radius 1 is 0.970 bits per heavy atom. The van der Waals surface area contributed by atoms with E-state index in [1.807, 2.05) is 17.0 Å². The monoisotopic (exact) mass is 447 g/mol. The highest BCUT2D eigenvalue weighted by Crippen LogP contribution is 2.35. The average Bonchev–Trinajstić information content (AvgIpc) is 2.86. The Balaban J connectivity index is 1.21. The minimum atomic E-state index is -1.16. The van der Waals surface area contributed by atoms with Gasteiger partial charge in [0.1, 0.15) is 5.60 Å². The van der Waals surface area contributed by atoms with Gasteiger partial charge in [0.2, 0.25) is 0 Å². The number of likely N-dealkylation sites (N-methyl/N-ethyl adjacent to an activating group) is 1. The number of fused-ring (bicyclic) bond motifs is 1. The summed E-state index contributed by atoms with van der Waals surface area (Å²) in [5, 5.41) is 10.3. The summed E-state index contributed by atoms with van der Waals surface area (Å²) in [7, 11) is 0. The number of para-hydroxylation sites is 1. The summed E-state index contributed by atoms with van der Waals surface area (Å²) in [6.45, 7) is 6.15. The first-order valence-corrected chi connectivity index (χ1v) is 12.2. The molecule has 1 aliphatic carbocycles. The van der Waals surface area contributed by atoms with Gasteiger partial charge in [0.15, 0.2) is 0 Å². The molecule has 0 aromatic heterocycles. The Bertz CT molecular complexity index is 1020. The Morgan fingerprint density at radius 2 is 1.64 bits per heavy atom. The predicted molar refractivity (Wildman–Crippen MR) is 129 cm³/mol. The van der Waals surface area contributed by atoms with Crippen LogP contribution in [0.3, 0.4) is 0 Å². The molecule has 0 radical (unpaired) electrons. The normalized spacial score (nSPS) is 21.9. The highest BCUT2D eigenvalue weighted by molar-refractivity contribution is 5.94. The second-order valence-corrected chi connectivity index (χ2v) is 9.66. The maximum atomic E-state index is 13.1. The maximum Gasteiger partial charge on any atom is 0.254 e. The van der Waals surface area contributed by atoms with Crippen molar-refractivity contribution in [2.75, 3.05) is 44.2 Å². The van der Waals surface area contributed by atoms with Gasteiger partial charge in [-0.25, -0.2) is 0 Å². The molecular formula is C27H33N3O3. The molecule has 2 heterocycles. The molecule has 2 aliphatic heterocycles.